The fourth-order valence-corrected chi connectivity index (χ4v) is 6.26. The zero-order valence-corrected chi connectivity index (χ0v) is 20.7. The van der Waals surface area contributed by atoms with Crippen LogP contribution < -0.4 is 5.32 Å². The van der Waals surface area contributed by atoms with E-state index in [9.17, 15) is 14.4 Å². The fourth-order valence-electron chi connectivity index (χ4n) is 6.26. The molecule has 0 bridgehead atoms. The number of nitrogens with zero attached hydrogens (tertiary/aromatic N) is 3. The molecule has 4 heterocycles. The van der Waals surface area contributed by atoms with Gasteiger partial charge in [-0.05, 0) is 69.2 Å². The van der Waals surface area contributed by atoms with Crippen molar-refractivity contribution in [3.05, 3.63) is 36.0 Å². The van der Waals surface area contributed by atoms with Gasteiger partial charge in [-0.2, -0.15) is 0 Å². The van der Waals surface area contributed by atoms with E-state index in [4.69, 9.17) is 0 Å². The van der Waals surface area contributed by atoms with E-state index in [1.807, 2.05) is 42.4 Å². The highest BCUT2D eigenvalue weighted by Gasteiger charge is 2.38. The Morgan fingerprint density at radius 3 is 2.83 bits per heavy atom. The van der Waals surface area contributed by atoms with Gasteiger partial charge in [0, 0.05) is 49.7 Å². The van der Waals surface area contributed by atoms with Crippen molar-refractivity contribution in [3.63, 3.8) is 0 Å². The molecule has 3 fully saturated rings. The lowest BCUT2D eigenvalue weighted by atomic mass is 9.83. The number of carbonyl (C=O) groups is 3. The number of hydrogen-bond acceptors (Lipinski definition) is 4. The highest BCUT2D eigenvalue weighted by molar-refractivity contribution is 6.04. The number of benzene rings is 1. The fraction of sp³-hybridized carbons (Fsp3) is 0.593. The molecule has 2 N–H and O–H groups in total. The van der Waals surface area contributed by atoms with Crippen LogP contribution in [-0.4, -0.2) is 82.8 Å². The molecule has 2 aromatic rings. The molecular weight excluding hydrogens is 442 g/mol. The third kappa shape index (κ3) is 5.08. The largest absolute Gasteiger partial charge is 0.361 e. The quantitative estimate of drug-likeness (QED) is 0.570. The molecule has 0 unspecified atom stereocenters. The van der Waals surface area contributed by atoms with Gasteiger partial charge < -0.3 is 20.1 Å². The van der Waals surface area contributed by atoms with E-state index in [0.717, 1.165) is 23.0 Å². The molecule has 3 aliphatic rings. The lowest BCUT2D eigenvalue weighted by Gasteiger charge is -2.45. The summed E-state index contributed by atoms with van der Waals surface area (Å²) >= 11 is 0. The van der Waals surface area contributed by atoms with Crippen molar-refractivity contribution in [2.45, 2.75) is 63.5 Å². The Labute approximate surface area is 207 Å². The minimum Gasteiger partial charge on any atom is -0.361 e. The van der Waals surface area contributed by atoms with Crippen LogP contribution in [0, 0.1) is 5.92 Å². The van der Waals surface area contributed by atoms with Crippen molar-refractivity contribution in [3.8, 4) is 0 Å². The van der Waals surface area contributed by atoms with Gasteiger partial charge in [-0.1, -0.05) is 24.6 Å². The molecule has 3 saturated heterocycles. The maximum absolute atomic E-state index is 12.9. The molecular formula is C27H37N5O3. The molecule has 0 saturated carbocycles. The van der Waals surface area contributed by atoms with Gasteiger partial charge in [0.25, 0.3) is 5.91 Å². The van der Waals surface area contributed by atoms with Gasteiger partial charge in [0.1, 0.15) is 6.04 Å². The van der Waals surface area contributed by atoms with Crippen LogP contribution in [0.1, 0.15) is 50.5 Å². The first kappa shape index (κ1) is 23.9. The molecule has 0 spiro atoms. The second kappa shape index (κ2) is 10.4. The van der Waals surface area contributed by atoms with Crippen LogP contribution in [0.2, 0.25) is 0 Å². The van der Waals surface area contributed by atoms with Crippen LogP contribution in [0.15, 0.2) is 30.5 Å². The summed E-state index contributed by atoms with van der Waals surface area (Å²) < 4.78 is 0. The number of para-hydroxylation sites is 1. The topological polar surface area (TPSA) is 88.8 Å². The Balaban J connectivity index is 1.10. The normalized spacial score (nSPS) is 25.1. The molecule has 8 heteroatoms. The van der Waals surface area contributed by atoms with Crippen LogP contribution in [0.25, 0.3) is 10.9 Å². The summed E-state index contributed by atoms with van der Waals surface area (Å²) in [5.74, 6) is 0.360. The maximum Gasteiger partial charge on any atom is 0.324 e. The zero-order valence-electron chi connectivity index (χ0n) is 20.7. The Bertz CT molecular complexity index is 1080. The van der Waals surface area contributed by atoms with Crippen LogP contribution in [0.4, 0.5) is 4.79 Å². The van der Waals surface area contributed by atoms with Gasteiger partial charge in [0.15, 0.2) is 0 Å². The molecule has 35 heavy (non-hydrogen) atoms. The van der Waals surface area contributed by atoms with Gasteiger partial charge in [0.05, 0.1) is 0 Å². The Morgan fingerprint density at radius 1 is 1.11 bits per heavy atom. The second-order valence-electron chi connectivity index (χ2n) is 10.4. The number of imide groups is 1. The van der Waals surface area contributed by atoms with Gasteiger partial charge in [-0.15, -0.1) is 0 Å². The number of carbonyl (C=O) groups excluding carboxylic acids is 3. The summed E-state index contributed by atoms with van der Waals surface area (Å²) in [5, 5.41) is 3.90. The third-order valence-electron chi connectivity index (χ3n) is 8.20. The van der Waals surface area contributed by atoms with Crippen LogP contribution in [0.3, 0.4) is 0 Å². The first-order valence-electron chi connectivity index (χ1n) is 13.2. The zero-order chi connectivity index (χ0) is 24.4. The standard InChI is InChI=1S/C27H37N5O3/c1-30(18-20-7-6-15-31-14-5-4-10-24(20)31)25(33)12-11-23-26(34)32(27(35)29-23)16-13-19-17-28-22-9-3-2-8-21(19)22/h2-3,8-9,17,20,23-24,28H,4-7,10-16,18H2,1H3,(H,29,35)/t20-,23-,24+/m0/s1. The van der Waals surface area contributed by atoms with Crippen LogP contribution in [-0.2, 0) is 16.0 Å². The Kier molecular flexibility index (Phi) is 7.09. The van der Waals surface area contributed by atoms with Gasteiger partial charge >= 0.3 is 6.03 Å². The maximum atomic E-state index is 12.9. The van der Waals surface area contributed by atoms with Crippen molar-refractivity contribution in [2.24, 2.45) is 5.92 Å². The number of hydrogen-bond donors (Lipinski definition) is 2. The van der Waals surface area contributed by atoms with Crippen molar-refractivity contribution in [1.82, 2.24) is 25.0 Å². The van der Waals surface area contributed by atoms with E-state index in [1.54, 1.807) is 0 Å². The average molecular weight is 480 g/mol. The van der Waals surface area contributed by atoms with E-state index in [2.05, 4.69) is 15.2 Å². The number of H-pyrrole nitrogens is 1. The average Bonchev–Trinajstić information content (AvgIpc) is 3.41. The number of fused-ring (bicyclic) bond motifs is 2. The van der Waals surface area contributed by atoms with E-state index in [0.29, 0.717) is 31.3 Å². The molecule has 1 aromatic heterocycles. The van der Waals surface area contributed by atoms with E-state index >= 15 is 0 Å². The predicted molar refractivity (Wildman–Crippen MR) is 135 cm³/mol. The van der Waals surface area contributed by atoms with Crippen LogP contribution in [0.5, 0.6) is 0 Å². The first-order chi connectivity index (χ1) is 17.0. The van der Waals surface area contributed by atoms with Gasteiger partial charge in [0.2, 0.25) is 5.91 Å². The Morgan fingerprint density at radius 2 is 1.94 bits per heavy atom. The summed E-state index contributed by atoms with van der Waals surface area (Å²) in [6, 6.07) is 7.63. The summed E-state index contributed by atoms with van der Waals surface area (Å²) in [6.07, 6.45) is 9.35. The molecule has 0 aliphatic carbocycles. The lowest BCUT2D eigenvalue weighted by molar-refractivity contribution is -0.131. The minimum absolute atomic E-state index is 0.0530. The van der Waals surface area contributed by atoms with Gasteiger partial charge in [-0.3, -0.25) is 14.5 Å². The van der Waals surface area contributed by atoms with Crippen molar-refractivity contribution < 1.29 is 14.4 Å². The number of amides is 4. The van der Waals surface area contributed by atoms with E-state index < -0.39 is 6.04 Å². The second-order valence-corrected chi connectivity index (χ2v) is 10.4. The summed E-state index contributed by atoms with van der Waals surface area (Å²) in [6.45, 7) is 3.50. The minimum atomic E-state index is -0.619. The summed E-state index contributed by atoms with van der Waals surface area (Å²) in [7, 11) is 1.88. The first-order valence-corrected chi connectivity index (χ1v) is 13.2. The number of piperidine rings is 2. The number of aromatic nitrogens is 1. The highest BCUT2D eigenvalue weighted by atomic mass is 16.2. The SMILES string of the molecule is CN(C[C@@H]1CCCN2CCCC[C@H]12)C(=O)CC[C@@H]1NC(=O)N(CCc2c[nH]c3ccccc23)C1=O. The van der Waals surface area contributed by atoms with E-state index in [-0.39, 0.29) is 24.3 Å². The molecule has 188 valence electrons. The van der Waals surface area contributed by atoms with Crippen LogP contribution >= 0.6 is 0 Å². The smallest absolute Gasteiger partial charge is 0.324 e. The molecule has 3 aliphatic heterocycles. The van der Waals surface area contributed by atoms with Crippen molar-refractivity contribution in [2.75, 3.05) is 33.2 Å². The molecule has 4 amide bonds. The molecule has 8 nitrogen and oxygen atoms in total. The molecule has 1 aromatic carbocycles. The van der Waals surface area contributed by atoms with Crippen molar-refractivity contribution >= 4 is 28.7 Å². The van der Waals surface area contributed by atoms with Crippen molar-refractivity contribution in [1.29, 1.82) is 0 Å². The molecule has 0 radical (unpaired) electrons. The Hall–Kier alpha value is -2.87. The van der Waals surface area contributed by atoms with E-state index in [1.165, 1.54) is 50.1 Å². The van der Waals surface area contributed by atoms with Gasteiger partial charge in [-0.25, -0.2) is 4.79 Å². The molecule has 3 atom stereocenters. The monoisotopic (exact) mass is 479 g/mol. The summed E-state index contributed by atoms with van der Waals surface area (Å²) in [4.78, 5) is 47.3. The third-order valence-corrected chi connectivity index (χ3v) is 8.20. The number of nitrogens with one attached hydrogen (secondary N) is 2. The predicted octanol–water partition coefficient (Wildman–Crippen LogP) is 3.13. The summed E-state index contributed by atoms with van der Waals surface area (Å²) in [5.41, 5.74) is 2.13. The highest BCUT2D eigenvalue weighted by Crippen LogP contribution is 2.31. The number of rotatable bonds is 8. The number of urea groups is 1. The number of aromatic amines is 1. The molecule has 5 rings (SSSR count). The lowest BCUT2D eigenvalue weighted by Crippen LogP contribution is -2.51.